The number of aliphatic hydroxyl groups excluding tert-OH is 1. The van der Waals surface area contributed by atoms with Crippen LogP contribution < -0.4 is 21.0 Å². The molecule has 4 rings (SSSR count). The third-order valence-electron chi connectivity index (χ3n) is 6.34. The summed E-state index contributed by atoms with van der Waals surface area (Å²) < 4.78 is 52.8. The van der Waals surface area contributed by atoms with Crippen LogP contribution in [0.25, 0.3) is 10.8 Å². The molecule has 0 radical (unpaired) electrons. The van der Waals surface area contributed by atoms with E-state index in [0.29, 0.717) is 5.39 Å². The summed E-state index contributed by atoms with van der Waals surface area (Å²) in [5.41, 5.74) is 2.06. The van der Waals surface area contributed by atoms with E-state index in [2.05, 4.69) is 10.1 Å². The van der Waals surface area contributed by atoms with Crippen LogP contribution in [0.4, 0.5) is 10.2 Å². The van der Waals surface area contributed by atoms with E-state index in [0.717, 1.165) is 23.1 Å². The molecular weight excluding hydrogens is 582 g/mol. The number of nitrogens with one attached hydrogen (secondary N) is 1. The molecule has 12 nitrogen and oxygen atoms in total. The molecule has 1 fully saturated rings. The van der Waals surface area contributed by atoms with Gasteiger partial charge in [-0.25, -0.2) is 13.8 Å². The maximum Gasteiger partial charge on any atom is 0.459 e. The van der Waals surface area contributed by atoms with Crippen LogP contribution in [0.5, 0.6) is 5.75 Å². The van der Waals surface area contributed by atoms with Gasteiger partial charge in [-0.15, -0.1) is 0 Å². The van der Waals surface area contributed by atoms with E-state index in [1.54, 1.807) is 38.1 Å². The number of nitrogens with two attached hydrogens (primary N) is 1. The Balaban J connectivity index is 1.60. The van der Waals surface area contributed by atoms with Crippen molar-refractivity contribution in [3.63, 3.8) is 0 Å². The van der Waals surface area contributed by atoms with Gasteiger partial charge in [0.15, 0.2) is 11.9 Å². The van der Waals surface area contributed by atoms with Crippen molar-refractivity contribution in [2.24, 2.45) is 0 Å². The third-order valence-corrected chi connectivity index (χ3v) is 8.26. The van der Waals surface area contributed by atoms with Gasteiger partial charge in [0, 0.05) is 11.6 Å². The van der Waals surface area contributed by atoms with Crippen molar-refractivity contribution >= 4 is 41.9 Å². The predicted molar refractivity (Wildman–Crippen MR) is 149 cm³/mol. The molecule has 0 amide bonds. The van der Waals surface area contributed by atoms with E-state index >= 15 is 4.39 Å². The lowest BCUT2D eigenvalue weighted by Crippen LogP contribution is -2.43. The molecule has 4 N–H and O–H groups in total. The van der Waals surface area contributed by atoms with Gasteiger partial charge in [0.2, 0.25) is 0 Å². The van der Waals surface area contributed by atoms with Crippen molar-refractivity contribution in [1.29, 1.82) is 0 Å². The van der Waals surface area contributed by atoms with Crippen LogP contribution in [0.1, 0.15) is 33.9 Å². The molecule has 41 heavy (non-hydrogen) atoms. The number of esters is 1. The molecule has 3 aromatic rings. The molecule has 1 unspecified atom stereocenters. The average Bonchev–Trinajstić information content (AvgIpc) is 3.13. The summed E-state index contributed by atoms with van der Waals surface area (Å²) >= 11 is 5.96. The monoisotopic (exact) mass is 612 g/mol. The number of hydrogen-bond acceptors (Lipinski definition) is 10. The van der Waals surface area contributed by atoms with Gasteiger partial charge in [0.25, 0.3) is 0 Å². The number of carbonyl (C=O) groups is 1. The van der Waals surface area contributed by atoms with Crippen LogP contribution in [0.3, 0.4) is 0 Å². The van der Waals surface area contributed by atoms with E-state index in [1.165, 1.54) is 6.92 Å². The van der Waals surface area contributed by atoms with Crippen molar-refractivity contribution in [1.82, 2.24) is 14.6 Å². The molecule has 15 heteroatoms. The lowest BCUT2D eigenvalue weighted by Gasteiger charge is -2.26. The first-order valence-corrected chi connectivity index (χ1v) is 14.6. The summed E-state index contributed by atoms with van der Waals surface area (Å²) in [7, 11) is -4.42. The molecule has 0 bridgehead atoms. The van der Waals surface area contributed by atoms with E-state index in [-0.39, 0.29) is 16.6 Å². The Morgan fingerprint density at radius 2 is 1.98 bits per heavy atom. The van der Waals surface area contributed by atoms with Crippen LogP contribution in [-0.2, 0) is 23.4 Å². The Hall–Kier alpha value is -3.06. The minimum Gasteiger partial charge on any atom is -0.462 e. The second kappa shape index (κ2) is 12.0. The molecule has 1 saturated heterocycles. The first kappa shape index (κ1) is 30.9. The Labute approximate surface area is 240 Å². The highest BCUT2D eigenvalue weighted by atomic mass is 35.5. The zero-order valence-corrected chi connectivity index (χ0v) is 24.3. The van der Waals surface area contributed by atoms with Gasteiger partial charge in [0.1, 0.15) is 29.8 Å². The van der Waals surface area contributed by atoms with E-state index < -0.39 is 62.3 Å². The number of halogens is 2. The Morgan fingerprint density at radius 1 is 1.29 bits per heavy atom. The summed E-state index contributed by atoms with van der Waals surface area (Å²) in [6.07, 6.45) is -4.34. The number of rotatable bonds is 10. The quantitative estimate of drug-likeness (QED) is 0.226. The molecule has 0 spiro atoms. The zero-order valence-electron chi connectivity index (χ0n) is 22.7. The van der Waals surface area contributed by atoms with Crippen molar-refractivity contribution in [2.45, 2.75) is 63.9 Å². The first-order chi connectivity index (χ1) is 19.2. The van der Waals surface area contributed by atoms with Crippen molar-refractivity contribution in [3.05, 3.63) is 64.2 Å². The number of nitrogens with zero attached hydrogens (tertiary/aromatic N) is 2. The smallest absolute Gasteiger partial charge is 0.459 e. The SMILES string of the molecule is CC(C)OC(=O)[C@@H](C)N[P@@](=O)(OC[C@H]1OC(n2cc(Cl)c(N)nc2=O)[C@](C)(F)[C@@H]1O)Oc1cccc2ccccc12. The Morgan fingerprint density at radius 3 is 2.68 bits per heavy atom. The van der Waals surface area contributed by atoms with Crippen molar-refractivity contribution in [3.8, 4) is 5.75 Å². The highest BCUT2D eigenvalue weighted by Crippen LogP contribution is 2.49. The normalized spacial score (nSPS) is 24.7. The minimum atomic E-state index is -4.42. The van der Waals surface area contributed by atoms with Gasteiger partial charge in [0.05, 0.1) is 17.7 Å². The number of nitrogen functional groups attached to an aromatic ring is 1. The van der Waals surface area contributed by atoms with Gasteiger partial charge < -0.3 is 24.8 Å². The largest absolute Gasteiger partial charge is 0.462 e. The number of benzene rings is 2. The zero-order chi connectivity index (χ0) is 30.1. The summed E-state index contributed by atoms with van der Waals surface area (Å²) in [5, 5.41) is 14.6. The number of aliphatic hydroxyl groups is 1. The minimum absolute atomic E-state index is 0.127. The number of ether oxygens (including phenoxy) is 2. The van der Waals surface area contributed by atoms with Gasteiger partial charge >= 0.3 is 19.4 Å². The maximum atomic E-state index is 15.7. The van der Waals surface area contributed by atoms with Crippen LogP contribution in [0, 0.1) is 0 Å². The fourth-order valence-corrected chi connectivity index (χ4v) is 5.94. The van der Waals surface area contributed by atoms with Crippen LogP contribution in [0.2, 0.25) is 5.02 Å². The standard InChI is InChI=1S/C26H31ClFN4O8P/c1-14(2)38-23(34)15(3)31-41(36,40-19-11-7-9-16-8-5-6-10-17(16)19)37-13-20-21(33)26(4,28)24(39-20)32-12-18(27)22(29)30-25(32)35/h5-12,14-15,20-21,24,33H,13H2,1-4H3,(H,31,36)(H2,29,30,35)/t15-,20-,21-,24?,26-,41-/m1/s1. The number of aromatic nitrogens is 2. The van der Waals surface area contributed by atoms with Crippen molar-refractivity contribution < 1.29 is 37.4 Å². The lowest BCUT2D eigenvalue weighted by atomic mass is 9.98. The molecule has 6 atom stereocenters. The molecule has 1 aliphatic heterocycles. The highest BCUT2D eigenvalue weighted by Gasteiger charge is 2.56. The van der Waals surface area contributed by atoms with Crippen LogP contribution >= 0.6 is 19.3 Å². The van der Waals surface area contributed by atoms with E-state index in [4.69, 9.17) is 35.9 Å². The third kappa shape index (κ3) is 6.72. The summed E-state index contributed by atoms with van der Waals surface area (Å²) in [6, 6.07) is 11.1. The number of fused-ring (bicyclic) bond motifs is 1. The number of hydrogen-bond donors (Lipinski definition) is 3. The fraction of sp³-hybridized carbons (Fsp3) is 0.423. The second-order valence-electron chi connectivity index (χ2n) is 9.99. The van der Waals surface area contributed by atoms with Crippen LogP contribution in [-0.4, -0.2) is 57.3 Å². The molecule has 2 aromatic carbocycles. The fourth-order valence-electron chi connectivity index (χ4n) is 4.27. The molecule has 0 saturated carbocycles. The predicted octanol–water partition coefficient (Wildman–Crippen LogP) is 3.75. The molecule has 1 aromatic heterocycles. The highest BCUT2D eigenvalue weighted by molar-refractivity contribution is 7.52. The van der Waals surface area contributed by atoms with Gasteiger partial charge in [-0.05, 0) is 39.1 Å². The summed E-state index contributed by atoms with van der Waals surface area (Å²) in [6.45, 7) is 5.08. The lowest BCUT2D eigenvalue weighted by molar-refractivity contribution is -0.149. The molecule has 0 aliphatic carbocycles. The second-order valence-corrected chi connectivity index (χ2v) is 12.1. The molecule has 222 valence electrons. The summed E-state index contributed by atoms with van der Waals surface area (Å²) in [4.78, 5) is 28.4. The number of anilines is 1. The molecule has 2 heterocycles. The van der Waals surface area contributed by atoms with Gasteiger partial charge in [-0.1, -0.05) is 48.0 Å². The Kier molecular flexibility index (Phi) is 9.07. The van der Waals surface area contributed by atoms with Gasteiger partial charge in [-0.2, -0.15) is 10.1 Å². The molecular formula is C26H31ClFN4O8P. The topological polar surface area (TPSA) is 164 Å². The summed E-state index contributed by atoms with van der Waals surface area (Å²) in [5.74, 6) is -0.792. The first-order valence-electron chi connectivity index (χ1n) is 12.7. The Bertz CT molecular complexity index is 1530. The van der Waals surface area contributed by atoms with Crippen molar-refractivity contribution in [2.75, 3.05) is 12.3 Å². The van der Waals surface area contributed by atoms with Crippen LogP contribution in [0.15, 0.2) is 53.5 Å². The molecule has 1 aliphatic rings. The van der Waals surface area contributed by atoms with E-state index in [9.17, 15) is 19.3 Å². The average molecular weight is 613 g/mol. The maximum absolute atomic E-state index is 15.7. The number of alkyl halides is 1. The van der Waals surface area contributed by atoms with Gasteiger partial charge in [-0.3, -0.25) is 13.9 Å². The number of carbonyl (C=O) groups excluding carboxylic acids is 1. The van der Waals surface area contributed by atoms with E-state index in [1.807, 2.05) is 18.2 Å².